The summed E-state index contributed by atoms with van der Waals surface area (Å²) in [5.74, 6) is 0. The maximum Gasteiger partial charge on any atom is 0.243 e. The van der Waals surface area contributed by atoms with Gasteiger partial charge in [0.2, 0.25) is 10.0 Å². The quantitative estimate of drug-likeness (QED) is 0.745. The fourth-order valence-corrected chi connectivity index (χ4v) is 3.55. The van der Waals surface area contributed by atoms with Crippen molar-refractivity contribution in [3.63, 3.8) is 0 Å². The molecule has 6 heteroatoms. The Morgan fingerprint density at radius 2 is 1.83 bits per heavy atom. The lowest BCUT2D eigenvalue weighted by Gasteiger charge is -2.16. The van der Waals surface area contributed by atoms with Crippen LogP contribution in [0, 0.1) is 0 Å². The lowest BCUT2D eigenvalue weighted by molar-refractivity contribution is 0.466. The van der Waals surface area contributed by atoms with Gasteiger partial charge in [0.1, 0.15) is 0 Å². The summed E-state index contributed by atoms with van der Waals surface area (Å²) in [7, 11) is -1.87. The van der Waals surface area contributed by atoms with Crippen molar-refractivity contribution in [3.8, 4) is 0 Å². The van der Waals surface area contributed by atoms with Gasteiger partial charge in [0.15, 0.2) is 0 Å². The Balaban J connectivity index is 2.10. The van der Waals surface area contributed by atoms with E-state index in [0.29, 0.717) is 11.4 Å². The first-order valence-corrected chi connectivity index (χ1v) is 9.48. The van der Waals surface area contributed by atoms with Gasteiger partial charge in [-0.1, -0.05) is 25.5 Å². The van der Waals surface area contributed by atoms with Crippen LogP contribution in [0.5, 0.6) is 0 Å². The van der Waals surface area contributed by atoms with Crippen molar-refractivity contribution in [2.24, 2.45) is 0 Å². The number of benzene rings is 1. The highest BCUT2D eigenvalue weighted by Crippen LogP contribution is 2.18. The molecule has 1 aromatic carbocycles. The van der Waals surface area contributed by atoms with Crippen LogP contribution in [-0.2, 0) is 29.5 Å². The molecule has 0 saturated carbocycles. The van der Waals surface area contributed by atoms with E-state index in [1.165, 1.54) is 9.87 Å². The van der Waals surface area contributed by atoms with Crippen molar-refractivity contribution >= 4 is 10.0 Å². The van der Waals surface area contributed by atoms with Gasteiger partial charge in [0.25, 0.3) is 0 Å². The Kier molecular flexibility index (Phi) is 5.96. The van der Waals surface area contributed by atoms with Crippen molar-refractivity contribution in [1.82, 2.24) is 14.1 Å². The molecule has 0 radical (unpaired) electrons. The Morgan fingerprint density at radius 3 is 2.39 bits per heavy atom. The maximum atomic E-state index is 12.6. The third-order valence-electron chi connectivity index (χ3n) is 3.87. The maximum absolute atomic E-state index is 12.6. The van der Waals surface area contributed by atoms with Gasteiger partial charge in [0.05, 0.1) is 11.1 Å². The Morgan fingerprint density at radius 1 is 1.13 bits per heavy atom. The van der Waals surface area contributed by atoms with E-state index in [4.69, 9.17) is 0 Å². The second-order valence-electron chi connectivity index (χ2n) is 5.71. The molecule has 2 aromatic rings. The Labute approximate surface area is 139 Å². The summed E-state index contributed by atoms with van der Waals surface area (Å²) in [5, 5.41) is 4.18. The molecule has 0 amide bonds. The lowest BCUT2D eigenvalue weighted by Crippen LogP contribution is -2.26. The van der Waals surface area contributed by atoms with E-state index < -0.39 is 10.0 Å². The smallest absolute Gasteiger partial charge is 0.243 e. The van der Waals surface area contributed by atoms with Crippen LogP contribution >= 0.6 is 0 Å². The molecule has 0 spiro atoms. The summed E-state index contributed by atoms with van der Waals surface area (Å²) in [6.07, 6.45) is 6.83. The van der Waals surface area contributed by atoms with Crippen molar-refractivity contribution < 1.29 is 8.42 Å². The summed E-state index contributed by atoms with van der Waals surface area (Å²) in [6.45, 7) is 5.24. The van der Waals surface area contributed by atoms with Crippen molar-refractivity contribution in [2.45, 2.75) is 51.1 Å². The number of hydrogen-bond acceptors (Lipinski definition) is 3. The molecular weight excluding hydrogens is 310 g/mol. The van der Waals surface area contributed by atoms with Gasteiger partial charge in [-0.2, -0.15) is 9.40 Å². The summed E-state index contributed by atoms with van der Waals surface area (Å²) in [5.41, 5.74) is 2.06. The highest BCUT2D eigenvalue weighted by Gasteiger charge is 2.21. The minimum Gasteiger partial charge on any atom is -0.273 e. The van der Waals surface area contributed by atoms with Crippen molar-refractivity contribution in [3.05, 3.63) is 47.8 Å². The number of sulfonamides is 1. The summed E-state index contributed by atoms with van der Waals surface area (Å²) >= 11 is 0. The molecule has 0 aliphatic carbocycles. The third kappa shape index (κ3) is 4.42. The Bertz CT molecular complexity index is 721. The largest absolute Gasteiger partial charge is 0.273 e. The number of aromatic nitrogens is 2. The zero-order valence-corrected chi connectivity index (χ0v) is 14.9. The molecule has 2 rings (SSSR count). The third-order valence-corrected chi connectivity index (χ3v) is 5.68. The normalized spacial score (nSPS) is 12.0. The predicted octanol–water partition coefficient (Wildman–Crippen LogP) is 3.07. The minimum absolute atomic E-state index is 0.319. The molecule has 23 heavy (non-hydrogen) atoms. The molecule has 1 aromatic heterocycles. The van der Waals surface area contributed by atoms with E-state index in [-0.39, 0.29) is 0 Å². The van der Waals surface area contributed by atoms with Crippen LogP contribution in [0.25, 0.3) is 0 Å². The lowest BCUT2D eigenvalue weighted by atomic mass is 10.1. The first-order chi connectivity index (χ1) is 11.0. The van der Waals surface area contributed by atoms with Crippen LogP contribution in [0.2, 0.25) is 0 Å². The number of aryl methyl sites for hydroxylation is 2. The van der Waals surface area contributed by atoms with Gasteiger partial charge < -0.3 is 0 Å². The molecule has 0 unspecified atom stereocenters. The molecule has 0 aliphatic rings. The molecule has 126 valence electrons. The first-order valence-electron chi connectivity index (χ1n) is 8.04. The summed E-state index contributed by atoms with van der Waals surface area (Å²) < 4.78 is 28.4. The molecule has 5 nitrogen and oxygen atoms in total. The number of rotatable bonds is 8. The van der Waals surface area contributed by atoms with Gasteiger partial charge in [0, 0.05) is 31.9 Å². The zero-order chi connectivity index (χ0) is 16.9. The van der Waals surface area contributed by atoms with Crippen LogP contribution in [-0.4, -0.2) is 29.6 Å². The molecule has 1 heterocycles. The predicted molar refractivity (Wildman–Crippen MR) is 91.6 cm³/mol. The van der Waals surface area contributed by atoms with Gasteiger partial charge >= 0.3 is 0 Å². The fourth-order valence-electron chi connectivity index (χ4n) is 2.39. The van der Waals surface area contributed by atoms with E-state index in [0.717, 1.165) is 31.4 Å². The van der Waals surface area contributed by atoms with Crippen LogP contribution < -0.4 is 0 Å². The van der Waals surface area contributed by atoms with E-state index in [9.17, 15) is 8.42 Å². The highest BCUT2D eigenvalue weighted by atomic mass is 32.2. The molecule has 0 bridgehead atoms. The van der Waals surface area contributed by atoms with Gasteiger partial charge in [-0.25, -0.2) is 8.42 Å². The fraction of sp³-hybridized carbons (Fsp3) is 0.471. The number of hydrogen-bond donors (Lipinski definition) is 0. The summed E-state index contributed by atoms with van der Waals surface area (Å²) in [6, 6.07) is 7.22. The molecular formula is C17H25N3O2S. The van der Waals surface area contributed by atoms with Gasteiger partial charge in [-0.3, -0.25) is 4.68 Å². The van der Waals surface area contributed by atoms with Crippen molar-refractivity contribution in [2.75, 3.05) is 7.05 Å². The second-order valence-corrected chi connectivity index (χ2v) is 7.76. The number of unbranched alkanes of at least 4 members (excludes halogenated alkanes) is 1. The Hall–Kier alpha value is -1.66. The topological polar surface area (TPSA) is 55.2 Å². The number of nitrogens with zero attached hydrogens (tertiary/aromatic N) is 3. The van der Waals surface area contributed by atoms with E-state index >= 15 is 0 Å². The average molecular weight is 335 g/mol. The van der Waals surface area contributed by atoms with Gasteiger partial charge in [-0.15, -0.1) is 0 Å². The average Bonchev–Trinajstić information content (AvgIpc) is 3.01. The van der Waals surface area contributed by atoms with Gasteiger partial charge in [-0.05, 0) is 37.5 Å². The van der Waals surface area contributed by atoms with Crippen LogP contribution in [0.1, 0.15) is 37.8 Å². The van der Waals surface area contributed by atoms with E-state index in [2.05, 4.69) is 12.0 Å². The van der Waals surface area contributed by atoms with Crippen LogP contribution in [0.15, 0.2) is 41.6 Å². The van der Waals surface area contributed by atoms with Crippen LogP contribution in [0.4, 0.5) is 0 Å². The van der Waals surface area contributed by atoms with Crippen molar-refractivity contribution in [1.29, 1.82) is 0 Å². The summed E-state index contributed by atoms with van der Waals surface area (Å²) in [4.78, 5) is 0.336. The first kappa shape index (κ1) is 17.7. The standard InChI is InChI=1S/C17H25N3O2S/c1-4-6-7-15-8-10-17(11-9-15)23(21,22)19(3)13-16-12-18-20(5-2)14-16/h8-12,14H,4-7,13H2,1-3H3. The van der Waals surface area contributed by atoms with E-state index in [1.807, 2.05) is 25.3 Å². The highest BCUT2D eigenvalue weighted by molar-refractivity contribution is 7.89. The SMILES string of the molecule is CCCCc1ccc(S(=O)(=O)N(C)Cc2cnn(CC)c2)cc1. The minimum atomic E-state index is -3.48. The molecule has 0 fully saturated rings. The molecule has 0 aliphatic heterocycles. The van der Waals surface area contributed by atoms with E-state index in [1.54, 1.807) is 30.1 Å². The monoisotopic (exact) mass is 335 g/mol. The second kappa shape index (κ2) is 7.75. The van der Waals surface area contributed by atoms with Crippen LogP contribution in [0.3, 0.4) is 0 Å². The molecule has 0 saturated heterocycles. The molecule has 0 N–H and O–H groups in total. The zero-order valence-electron chi connectivity index (χ0n) is 14.1. The molecule has 0 atom stereocenters.